The van der Waals surface area contributed by atoms with E-state index in [1.54, 1.807) is 18.2 Å². The minimum absolute atomic E-state index is 0.359. The summed E-state index contributed by atoms with van der Waals surface area (Å²) in [6.45, 7) is 0. The molecule has 2 nitrogen and oxygen atoms in total. The van der Waals surface area contributed by atoms with Gasteiger partial charge in [0.1, 0.15) is 5.82 Å². The molecule has 0 aliphatic heterocycles. The number of ether oxygens (including phenoxy) is 1. The smallest absolute Gasteiger partial charge is 0.330 e. The van der Waals surface area contributed by atoms with E-state index in [1.807, 2.05) is 0 Å². The number of rotatable bonds is 2. The third kappa shape index (κ3) is 2.71. The van der Waals surface area contributed by atoms with Gasteiger partial charge in [0.05, 0.1) is 7.11 Å². The fourth-order valence-electron chi connectivity index (χ4n) is 0.836. The van der Waals surface area contributed by atoms with Crippen molar-refractivity contribution in [3.63, 3.8) is 0 Å². The SMILES string of the molecule is COC(=O)C=Cc1ccccc1F. The molecular weight excluding hydrogens is 171 g/mol. The van der Waals surface area contributed by atoms with Crippen molar-refractivity contribution in [2.45, 2.75) is 0 Å². The van der Waals surface area contributed by atoms with Crippen LogP contribution in [0.25, 0.3) is 6.08 Å². The van der Waals surface area contributed by atoms with Crippen LogP contribution in [0.3, 0.4) is 0 Å². The second kappa shape index (κ2) is 4.40. The molecule has 0 saturated carbocycles. The second-order valence-corrected chi connectivity index (χ2v) is 2.38. The molecular formula is C10H9FO2. The lowest BCUT2D eigenvalue weighted by Gasteiger charge is -1.94. The van der Waals surface area contributed by atoms with E-state index in [-0.39, 0.29) is 5.82 Å². The lowest BCUT2D eigenvalue weighted by atomic mass is 10.2. The Morgan fingerprint density at radius 3 is 2.77 bits per heavy atom. The summed E-state index contributed by atoms with van der Waals surface area (Å²) in [7, 11) is 1.27. The van der Waals surface area contributed by atoms with Gasteiger partial charge in [-0.1, -0.05) is 18.2 Å². The van der Waals surface area contributed by atoms with Crippen molar-refractivity contribution < 1.29 is 13.9 Å². The van der Waals surface area contributed by atoms with Gasteiger partial charge >= 0.3 is 5.97 Å². The number of hydrogen-bond acceptors (Lipinski definition) is 2. The summed E-state index contributed by atoms with van der Waals surface area (Å²) in [5.74, 6) is -0.856. The first-order valence-corrected chi connectivity index (χ1v) is 3.74. The fourth-order valence-corrected chi connectivity index (χ4v) is 0.836. The van der Waals surface area contributed by atoms with Gasteiger partial charge in [-0.2, -0.15) is 0 Å². The average Bonchev–Trinajstić information content (AvgIpc) is 2.16. The number of hydrogen-bond donors (Lipinski definition) is 0. The van der Waals surface area contributed by atoms with Crippen molar-refractivity contribution in [2.75, 3.05) is 7.11 Å². The lowest BCUT2D eigenvalue weighted by molar-refractivity contribution is -0.134. The van der Waals surface area contributed by atoms with Crippen molar-refractivity contribution in [3.8, 4) is 0 Å². The molecule has 0 aliphatic carbocycles. The highest BCUT2D eigenvalue weighted by Crippen LogP contribution is 2.07. The normalized spacial score (nSPS) is 10.3. The van der Waals surface area contributed by atoms with Gasteiger partial charge in [-0.25, -0.2) is 9.18 Å². The van der Waals surface area contributed by atoms with Gasteiger partial charge in [-0.3, -0.25) is 0 Å². The van der Waals surface area contributed by atoms with Gasteiger partial charge in [0.25, 0.3) is 0 Å². The maximum atomic E-state index is 12.9. The molecule has 0 unspecified atom stereocenters. The highest BCUT2D eigenvalue weighted by molar-refractivity contribution is 5.86. The van der Waals surface area contributed by atoms with Crippen molar-refractivity contribution in [1.82, 2.24) is 0 Å². The van der Waals surface area contributed by atoms with E-state index in [2.05, 4.69) is 4.74 Å². The molecule has 3 heteroatoms. The molecule has 1 aromatic rings. The summed E-state index contributed by atoms with van der Waals surface area (Å²) in [5, 5.41) is 0. The zero-order valence-corrected chi connectivity index (χ0v) is 7.16. The van der Waals surface area contributed by atoms with Crippen LogP contribution in [0.15, 0.2) is 30.3 Å². The molecule has 0 amide bonds. The number of carbonyl (C=O) groups excluding carboxylic acids is 1. The van der Waals surface area contributed by atoms with Crippen LogP contribution in [0.2, 0.25) is 0 Å². The first kappa shape index (κ1) is 9.45. The first-order valence-electron chi connectivity index (χ1n) is 3.74. The molecule has 0 radical (unpaired) electrons. The van der Waals surface area contributed by atoms with Crippen LogP contribution in [-0.4, -0.2) is 13.1 Å². The van der Waals surface area contributed by atoms with E-state index < -0.39 is 5.97 Å². The highest BCUT2D eigenvalue weighted by Gasteiger charge is 1.96. The molecule has 0 heterocycles. The third-order valence-electron chi connectivity index (χ3n) is 1.51. The molecule has 0 aliphatic rings. The van der Waals surface area contributed by atoms with Gasteiger partial charge in [0.15, 0.2) is 0 Å². The molecule has 0 spiro atoms. The average molecular weight is 180 g/mol. The first-order chi connectivity index (χ1) is 6.24. The highest BCUT2D eigenvalue weighted by atomic mass is 19.1. The van der Waals surface area contributed by atoms with Gasteiger partial charge < -0.3 is 4.74 Å². The number of methoxy groups -OCH3 is 1. The third-order valence-corrected chi connectivity index (χ3v) is 1.51. The summed E-state index contributed by atoms with van der Waals surface area (Å²) < 4.78 is 17.3. The number of benzene rings is 1. The standard InChI is InChI=1S/C10H9FO2/c1-13-10(12)7-6-8-4-2-3-5-9(8)11/h2-7H,1H3. The molecule has 13 heavy (non-hydrogen) atoms. The van der Waals surface area contributed by atoms with E-state index in [4.69, 9.17) is 0 Å². The minimum Gasteiger partial charge on any atom is -0.466 e. The molecule has 1 aromatic carbocycles. The molecule has 0 N–H and O–H groups in total. The van der Waals surface area contributed by atoms with E-state index in [1.165, 1.54) is 25.3 Å². The van der Waals surface area contributed by atoms with Crippen LogP contribution in [0, 0.1) is 5.82 Å². The lowest BCUT2D eigenvalue weighted by Crippen LogP contribution is -1.93. The van der Waals surface area contributed by atoms with Crippen molar-refractivity contribution >= 4 is 12.0 Å². The topological polar surface area (TPSA) is 26.3 Å². The van der Waals surface area contributed by atoms with E-state index in [0.717, 1.165) is 0 Å². The second-order valence-electron chi connectivity index (χ2n) is 2.38. The molecule has 0 atom stereocenters. The summed E-state index contributed by atoms with van der Waals surface area (Å²) >= 11 is 0. The van der Waals surface area contributed by atoms with Crippen LogP contribution in [0.5, 0.6) is 0 Å². The molecule has 0 fully saturated rings. The van der Waals surface area contributed by atoms with Crippen molar-refractivity contribution in [2.24, 2.45) is 0 Å². The van der Waals surface area contributed by atoms with Crippen molar-refractivity contribution in [3.05, 3.63) is 41.7 Å². The van der Waals surface area contributed by atoms with Crippen LogP contribution in [0.1, 0.15) is 5.56 Å². The minimum atomic E-state index is -0.497. The zero-order chi connectivity index (χ0) is 9.68. The van der Waals surface area contributed by atoms with E-state index in [9.17, 15) is 9.18 Å². The summed E-state index contributed by atoms with van der Waals surface area (Å²) in [4.78, 5) is 10.7. The van der Waals surface area contributed by atoms with Gasteiger partial charge in [-0.15, -0.1) is 0 Å². The molecule has 68 valence electrons. The Kier molecular flexibility index (Phi) is 3.20. The molecule has 0 bridgehead atoms. The Morgan fingerprint density at radius 1 is 1.46 bits per heavy atom. The molecule has 0 saturated heterocycles. The summed E-state index contributed by atoms with van der Waals surface area (Å²) in [6, 6.07) is 6.19. The van der Waals surface area contributed by atoms with Gasteiger partial charge in [0.2, 0.25) is 0 Å². The number of esters is 1. The molecule has 0 aromatic heterocycles. The Hall–Kier alpha value is -1.64. The number of halogens is 1. The van der Waals surface area contributed by atoms with Crippen LogP contribution in [-0.2, 0) is 9.53 Å². The summed E-state index contributed by atoms with van der Waals surface area (Å²) in [6.07, 6.45) is 2.56. The van der Waals surface area contributed by atoms with Gasteiger partial charge in [-0.05, 0) is 12.1 Å². The van der Waals surface area contributed by atoms with Crippen LogP contribution in [0.4, 0.5) is 4.39 Å². The van der Waals surface area contributed by atoms with E-state index in [0.29, 0.717) is 5.56 Å². The Bertz CT molecular complexity index is 331. The summed E-state index contributed by atoms with van der Waals surface area (Å²) in [5.41, 5.74) is 0.368. The zero-order valence-electron chi connectivity index (χ0n) is 7.16. The maximum Gasteiger partial charge on any atom is 0.330 e. The fraction of sp³-hybridized carbons (Fsp3) is 0.100. The van der Waals surface area contributed by atoms with Crippen molar-refractivity contribution in [1.29, 1.82) is 0 Å². The predicted molar refractivity (Wildman–Crippen MR) is 47.5 cm³/mol. The van der Waals surface area contributed by atoms with E-state index >= 15 is 0 Å². The Balaban J connectivity index is 2.80. The predicted octanol–water partition coefficient (Wildman–Crippen LogP) is 2.01. The maximum absolute atomic E-state index is 12.9. The van der Waals surface area contributed by atoms with Crippen LogP contribution >= 0.6 is 0 Å². The Labute approximate surface area is 75.6 Å². The monoisotopic (exact) mass is 180 g/mol. The Morgan fingerprint density at radius 2 is 2.15 bits per heavy atom. The van der Waals surface area contributed by atoms with Crippen LogP contribution < -0.4 is 0 Å². The number of carbonyl (C=O) groups is 1. The molecule has 1 rings (SSSR count). The largest absolute Gasteiger partial charge is 0.466 e. The quantitative estimate of drug-likeness (QED) is 0.514. The van der Waals surface area contributed by atoms with Gasteiger partial charge in [0, 0.05) is 11.6 Å².